The van der Waals surface area contributed by atoms with E-state index in [9.17, 15) is 4.79 Å². The molecule has 0 aliphatic carbocycles. The second-order valence-corrected chi connectivity index (χ2v) is 6.73. The number of carbonyl (C=O) groups is 1. The Morgan fingerprint density at radius 2 is 1.70 bits per heavy atom. The van der Waals surface area contributed by atoms with Crippen LogP contribution in [0.15, 0.2) is 65.3 Å². The van der Waals surface area contributed by atoms with E-state index in [1.54, 1.807) is 0 Å². The van der Waals surface area contributed by atoms with Crippen molar-refractivity contribution in [3.63, 3.8) is 0 Å². The fourth-order valence-corrected chi connectivity index (χ4v) is 3.22. The van der Waals surface area contributed by atoms with Gasteiger partial charge in [-0.2, -0.15) is 0 Å². The van der Waals surface area contributed by atoms with Crippen molar-refractivity contribution in [3.8, 4) is 11.3 Å². The van der Waals surface area contributed by atoms with Gasteiger partial charge in [0.15, 0.2) is 5.76 Å². The predicted octanol–water partition coefficient (Wildman–Crippen LogP) is 3.35. The number of hydrogen-bond acceptors (Lipinski definition) is 5. The number of nitrogens with one attached hydrogen (secondary N) is 1. The minimum atomic E-state index is -0.234. The lowest BCUT2D eigenvalue weighted by Gasteiger charge is -2.34. The van der Waals surface area contributed by atoms with E-state index in [0.717, 1.165) is 37.4 Å². The maximum atomic E-state index is 12.7. The Balaban J connectivity index is 1.46. The van der Waals surface area contributed by atoms with E-state index < -0.39 is 0 Å². The molecule has 0 unspecified atom stereocenters. The third-order valence-corrected chi connectivity index (χ3v) is 4.84. The zero-order valence-corrected chi connectivity index (χ0v) is 15.3. The Labute approximate surface area is 158 Å². The molecule has 1 aliphatic rings. The van der Waals surface area contributed by atoms with Crippen molar-refractivity contribution in [2.75, 3.05) is 43.4 Å². The number of hydrogen-bond donors (Lipinski definition) is 1. The molecule has 4 rings (SSSR count). The van der Waals surface area contributed by atoms with Crippen LogP contribution in [0.1, 0.15) is 10.4 Å². The number of carbonyl (C=O) groups excluding carboxylic acids is 1. The SMILES string of the molecule is CN1CCN(c2ccc(NC(=O)c3cnoc3-c3ccccc3)cc2)CC1. The number of anilines is 2. The highest BCUT2D eigenvalue weighted by Gasteiger charge is 2.18. The first-order valence-electron chi connectivity index (χ1n) is 9.06. The van der Waals surface area contributed by atoms with Gasteiger partial charge in [-0.05, 0) is 31.3 Å². The molecule has 3 aromatic rings. The summed E-state index contributed by atoms with van der Waals surface area (Å²) in [5, 5.41) is 6.72. The van der Waals surface area contributed by atoms with Crippen molar-refractivity contribution >= 4 is 17.3 Å². The number of piperazine rings is 1. The van der Waals surface area contributed by atoms with Gasteiger partial charge in [-0.1, -0.05) is 35.5 Å². The molecule has 0 bridgehead atoms. The van der Waals surface area contributed by atoms with Crippen LogP contribution < -0.4 is 10.2 Å². The lowest BCUT2D eigenvalue weighted by Crippen LogP contribution is -2.44. The van der Waals surface area contributed by atoms with Crippen LogP contribution in [0.25, 0.3) is 11.3 Å². The van der Waals surface area contributed by atoms with Crippen LogP contribution in [0.2, 0.25) is 0 Å². The molecule has 2 heterocycles. The van der Waals surface area contributed by atoms with Gasteiger partial charge in [0, 0.05) is 43.1 Å². The fourth-order valence-electron chi connectivity index (χ4n) is 3.22. The van der Waals surface area contributed by atoms with Crippen molar-refractivity contribution in [1.29, 1.82) is 0 Å². The van der Waals surface area contributed by atoms with Gasteiger partial charge in [-0.15, -0.1) is 0 Å². The van der Waals surface area contributed by atoms with E-state index in [0.29, 0.717) is 11.3 Å². The van der Waals surface area contributed by atoms with Crippen LogP contribution >= 0.6 is 0 Å². The van der Waals surface area contributed by atoms with Gasteiger partial charge < -0.3 is 19.6 Å². The standard InChI is InChI=1S/C21H22N4O2/c1-24-11-13-25(14-12-24)18-9-7-17(8-10-18)23-21(26)19-15-22-27-20(19)16-5-3-2-4-6-16/h2-10,15H,11-14H2,1H3,(H,23,26). The molecule has 6 nitrogen and oxygen atoms in total. The minimum Gasteiger partial charge on any atom is -0.369 e. The van der Waals surface area contributed by atoms with E-state index in [1.807, 2.05) is 54.6 Å². The Hall–Kier alpha value is -3.12. The zero-order valence-electron chi connectivity index (χ0n) is 15.3. The van der Waals surface area contributed by atoms with Gasteiger partial charge in [0.1, 0.15) is 5.56 Å². The molecule has 0 radical (unpaired) electrons. The lowest BCUT2D eigenvalue weighted by atomic mass is 10.1. The molecule has 27 heavy (non-hydrogen) atoms. The molecule has 1 amide bonds. The third kappa shape index (κ3) is 3.85. The first-order chi connectivity index (χ1) is 13.2. The van der Waals surface area contributed by atoms with Gasteiger partial charge in [-0.25, -0.2) is 0 Å². The van der Waals surface area contributed by atoms with Crippen molar-refractivity contribution in [3.05, 3.63) is 66.4 Å². The number of amides is 1. The summed E-state index contributed by atoms with van der Waals surface area (Å²) >= 11 is 0. The molecule has 1 aliphatic heterocycles. The predicted molar refractivity (Wildman–Crippen MR) is 106 cm³/mol. The average molecular weight is 362 g/mol. The first kappa shape index (κ1) is 17.3. The number of benzene rings is 2. The zero-order chi connectivity index (χ0) is 18.6. The molecule has 1 N–H and O–H groups in total. The molecule has 138 valence electrons. The summed E-state index contributed by atoms with van der Waals surface area (Å²) < 4.78 is 5.30. The maximum Gasteiger partial charge on any atom is 0.261 e. The monoisotopic (exact) mass is 362 g/mol. The summed E-state index contributed by atoms with van der Waals surface area (Å²) in [5.74, 6) is 0.240. The van der Waals surface area contributed by atoms with Crippen molar-refractivity contribution in [2.24, 2.45) is 0 Å². The van der Waals surface area contributed by atoms with Crippen molar-refractivity contribution in [2.45, 2.75) is 0 Å². The van der Waals surface area contributed by atoms with E-state index in [4.69, 9.17) is 4.52 Å². The summed E-state index contributed by atoms with van der Waals surface area (Å²) in [4.78, 5) is 17.4. The average Bonchev–Trinajstić information content (AvgIpc) is 3.20. The topological polar surface area (TPSA) is 61.6 Å². The molecule has 0 spiro atoms. The second kappa shape index (κ2) is 7.63. The molecular formula is C21H22N4O2. The van der Waals surface area contributed by atoms with Gasteiger partial charge in [0.25, 0.3) is 5.91 Å². The molecule has 1 saturated heterocycles. The largest absolute Gasteiger partial charge is 0.369 e. The third-order valence-electron chi connectivity index (χ3n) is 4.84. The van der Waals surface area contributed by atoms with Gasteiger partial charge in [0.2, 0.25) is 0 Å². The van der Waals surface area contributed by atoms with Crippen molar-refractivity contribution in [1.82, 2.24) is 10.1 Å². The van der Waals surface area contributed by atoms with Crippen LogP contribution in [0, 0.1) is 0 Å². The van der Waals surface area contributed by atoms with Crippen LogP contribution in [-0.4, -0.2) is 49.2 Å². The summed E-state index contributed by atoms with van der Waals surface area (Å²) in [6, 6.07) is 17.5. The second-order valence-electron chi connectivity index (χ2n) is 6.73. The summed E-state index contributed by atoms with van der Waals surface area (Å²) in [6.45, 7) is 4.16. The number of aromatic nitrogens is 1. The number of rotatable bonds is 4. The molecule has 1 aromatic heterocycles. The quantitative estimate of drug-likeness (QED) is 0.771. The summed E-state index contributed by atoms with van der Waals surface area (Å²) in [5.41, 5.74) is 3.17. The smallest absolute Gasteiger partial charge is 0.261 e. The molecule has 1 fully saturated rings. The highest BCUT2D eigenvalue weighted by atomic mass is 16.5. The van der Waals surface area contributed by atoms with Crippen molar-refractivity contribution < 1.29 is 9.32 Å². The van der Waals surface area contributed by atoms with Crippen LogP contribution in [-0.2, 0) is 0 Å². The van der Waals surface area contributed by atoms with E-state index >= 15 is 0 Å². The van der Waals surface area contributed by atoms with Crippen LogP contribution in [0.5, 0.6) is 0 Å². The molecule has 2 aromatic carbocycles. The van der Waals surface area contributed by atoms with Crippen LogP contribution in [0.3, 0.4) is 0 Å². The van der Waals surface area contributed by atoms with Gasteiger partial charge >= 0.3 is 0 Å². The molecular weight excluding hydrogens is 340 g/mol. The normalized spacial score (nSPS) is 14.9. The minimum absolute atomic E-state index is 0.234. The Bertz CT molecular complexity index is 897. The lowest BCUT2D eigenvalue weighted by molar-refractivity contribution is 0.102. The van der Waals surface area contributed by atoms with E-state index in [2.05, 4.69) is 27.3 Å². The van der Waals surface area contributed by atoms with E-state index in [1.165, 1.54) is 11.9 Å². The number of nitrogens with zero attached hydrogens (tertiary/aromatic N) is 3. The Morgan fingerprint density at radius 1 is 1.00 bits per heavy atom. The highest BCUT2D eigenvalue weighted by Crippen LogP contribution is 2.25. The van der Waals surface area contributed by atoms with Gasteiger partial charge in [-0.3, -0.25) is 4.79 Å². The molecule has 0 atom stereocenters. The maximum absolute atomic E-state index is 12.7. The number of likely N-dealkylation sites (N-methyl/N-ethyl adjacent to an activating group) is 1. The summed E-state index contributed by atoms with van der Waals surface area (Å²) in [6.07, 6.45) is 1.45. The Morgan fingerprint density at radius 3 is 2.41 bits per heavy atom. The molecule has 6 heteroatoms. The fraction of sp³-hybridized carbons (Fsp3) is 0.238. The molecule has 0 saturated carbocycles. The van der Waals surface area contributed by atoms with Crippen LogP contribution in [0.4, 0.5) is 11.4 Å². The highest BCUT2D eigenvalue weighted by molar-refractivity contribution is 6.07. The van der Waals surface area contributed by atoms with Gasteiger partial charge in [0.05, 0.1) is 6.20 Å². The Kier molecular flexibility index (Phi) is 4.89. The summed E-state index contributed by atoms with van der Waals surface area (Å²) in [7, 11) is 2.14. The first-order valence-corrected chi connectivity index (χ1v) is 9.06. The van der Waals surface area contributed by atoms with E-state index in [-0.39, 0.29) is 5.91 Å².